The fourth-order valence-corrected chi connectivity index (χ4v) is 1.57. The van der Waals surface area contributed by atoms with Crippen LogP contribution in [0.1, 0.15) is 18.4 Å². The molecule has 1 aromatic rings. The van der Waals surface area contributed by atoms with E-state index in [2.05, 4.69) is 10.6 Å². The SMILES string of the molecule is Cc1ccccc1NC(=O)/C(C#N)=C\NCCCC(=O)O. The Morgan fingerprint density at radius 3 is 2.71 bits per heavy atom. The van der Waals surface area contributed by atoms with Crippen LogP contribution >= 0.6 is 0 Å². The second-order valence-corrected chi connectivity index (χ2v) is 4.39. The topological polar surface area (TPSA) is 102 Å². The highest BCUT2D eigenvalue weighted by atomic mass is 16.4. The number of carboxylic acid groups (broad SMARTS) is 1. The summed E-state index contributed by atoms with van der Waals surface area (Å²) in [6, 6.07) is 9.07. The molecule has 0 aliphatic rings. The first-order valence-corrected chi connectivity index (χ1v) is 6.47. The smallest absolute Gasteiger partial charge is 0.303 e. The number of nitrogens with one attached hydrogen (secondary N) is 2. The van der Waals surface area contributed by atoms with Gasteiger partial charge in [0, 0.05) is 24.9 Å². The predicted octanol–water partition coefficient (Wildman–Crippen LogP) is 1.80. The van der Waals surface area contributed by atoms with E-state index in [1.807, 2.05) is 25.1 Å². The lowest BCUT2D eigenvalue weighted by Gasteiger charge is -2.07. The van der Waals surface area contributed by atoms with Crippen LogP contribution in [0, 0.1) is 18.3 Å². The van der Waals surface area contributed by atoms with Crippen LogP contribution in [-0.2, 0) is 9.59 Å². The number of benzene rings is 1. The molecule has 0 unspecified atom stereocenters. The van der Waals surface area contributed by atoms with E-state index in [0.717, 1.165) is 5.56 Å². The van der Waals surface area contributed by atoms with Crippen molar-refractivity contribution in [1.82, 2.24) is 5.32 Å². The molecule has 1 amide bonds. The Hall–Kier alpha value is -2.81. The van der Waals surface area contributed by atoms with Crippen molar-refractivity contribution >= 4 is 17.6 Å². The third-order valence-electron chi connectivity index (χ3n) is 2.72. The lowest BCUT2D eigenvalue weighted by Crippen LogP contribution is -2.18. The highest BCUT2D eigenvalue weighted by Crippen LogP contribution is 2.13. The van der Waals surface area contributed by atoms with Crippen molar-refractivity contribution in [2.75, 3.05) is 11.9 Å². The number of nitriles is 1. The third kappa shape index (κ3) is 5.78. The van der Waals surface area contributed by atoms with Gasteiger partial charge < -0.3 is 15.7 Å². The number of rotatable bonds is 7. The molecule has 0 fully saturated rings. The number of aliphatic carboxylic acids is 1. The molecule has 3 N–H and O–H groups in total. The molecule has 0 atom stereocenters. The number of carbonyl (C=O) groups is 2. The zero-order chi connectivity index (χ0) is 15.7. The van der Waals surface area contributed by atoms with Gasteiger partial charge in [-0.25, -0.2) is 0 Å². The molecular formula is C15H17N3O3. The average molecular weight is 287 g/mol. The summed E-state index contributed by atoms with van der Waals surface area (Å²) < 4.78 is 0. The predicted molar refractivity (Wildman–Crippen MR) is 78.4 cm³/mol. The van der Waals surface area contributed by atoms with Gasteiger partial charge in [0.15, 0.2) is 0 Å². The molecule has 1 rings (SSSR count). The van der Waals surface area contributed by atoms with E-state index < -0.39 is 11.9 Å². The van der Waals surface area contributed by atoms with Crippen LogP contribution < -0.4 is 10.6 Å². The number of para-hydroxylation sites is 1. The van der Waals surface area contributed by atoms with Crippen LogP contribution in [0.2, 0.25) is 0 Å². The van der Waals surface area contributed by atoms with E-state index >= 15 is 0 Å². The first-order valence-electron chi connectivity index (χ1n) is 6.47. The summed E-state index contributed by atoms with van der Waals surface area (Å²) in [6.45, 7) is 2.24. The summed E-state index contributed by atoms with van der Waals surface area (Å²) in [7, 11) is 0. The molecule has 0 aliphatic carbocycles. The molecule has 6 nitrogen and oxygen atoms in total. The van der Waals surface area contributed by atoms with Crippen molar-refractivity contribution in [3.8, 4) is 6.07 Å². The van der Waals surface area contributed by atoms with E-state index in [1.165, 1.54) is 6.20 Å². The van der Waals surface area contributed by atoms with Gasteiger partial charge in [0.2, 0.25) is 0 Å². The number of hydrogen-bond acceptors (Lipinski definition) is 4. The Kier molecular flexibility index (Phi) is 6.48. The highest BCUT2D eigenvalue weighted by molar-refractivity contribution is 6.06. The maximum atomic E-state index is 11.9. The second-order valence-electron chi connectivity index (χ2n) is 4.39. The van der Waals surface area contributed by atoms with Gasteiger partial charge in [0.1, 0.15) is 11.6 Å². The molecule has 110 valence electrons. The summed E-state index contributed by atoms with van der Waals surface area (Å²) in [4.78, 5) is 22.3. The van der Waals surface area contributed by atoms with Crippen LogP contribution in [-0.4, -0.2) is 23.5 Å². The Morgan fingerprint density at radius 2 is 2.10 bits per heavy atom. The van der Waals surface area contributed by atoms with Gasteiger partial charge >= 0.3 is 5.97 Å². The van der Waals surface area contributed by atoms with Crippen LogP contribution in [0.3, 0.4) is 0 Å². The van der Waals surface area contributed by atoms with Gasteiger partial charge in [0.25, 0.3) is 5.91 Å². The van der Waals surface area contributed by atoms with Gasteiger partial charge in [-0.05, 0) is 25.0 Å². The van der Waals surface area contributed by atoms with E-state index in [1.54, 1.807) is 12.1 Å². The summed E-state index contributed by atoms with van der Waals surface area (Å²) in [5.41, 5.74) is 1.49. The molecule has 0 heterocycles. The summed E-state index contributed by atoms with van der Waals surface area (Å²) in [5, 5.41) is 22.9. The van der Waals surface area contributed by atoms with Crippen molar-refractivity contribution in [3.63, 3.8) is 0 Å². The number of carbonyl (C=O) groups excluding carboxylic acids is 1. The molecule has 0 saturated carbocycles. The van der Waals surface area contributed by atoms with Gasteiger partial charge in [-0.1, -0.05) is 18.2 Å². The number of hydrogen-bond donors (Lipinski definition) is 3. The Morgan fingerprint density at radius 1 is 1.38 bits per heavy atom. The molecule has 0 aliphatic heterocycles. The Bertz CT molecular complexity index is 588. The van der Waals surface area contributed by atoms with Gasteiger partial charge in [0.05, 0.1) is 0 Å². The highest BCUT2D eigenvalue weighted by Gasteiger charge is 2.10. The number of aryl methyl sites for hydroxylation is 1. The number of anilines is 1. The van der Waals surface area contributed by atoms with Crippen molar-refractivity contribution in [2.24, 2.45) is 0 Å². The summed E-state index contributed by atoms with van der Waals surface area (Å²) >= 11 is 0. The number of amides is 1. The average Bonchev–Trinajstić information content (AvgIpc) is 2.45. The van der Waals surface area contributed by atoms with Crippen molar-refractivity contribution in [1.29, 1.82) is 5.26 Å². The zero-order valence-electron chi connectivity index (χ0n) is 11.7. The quantitative estimate of drug-likeness (QED) is 0.403. The Balaban J connectivity index is 2.55. The molecule has 6 heteroatoms. The number of nitrogens with zero attached hydrogens (tertiary/aromatic N) is 1. The van der Waals surface area contributed by atoms with Gasteiger partial charge in [-0.3, -0.25) is 9.59 Å². The lowest BCUT2D eigenvalue weighted by molar-refractivity contribution is -0.137. The minimum absolute atomic E-state index is 0.0398. The van der Waals surface area contributed by atoms with Crippen LogP contribution in [0.25, 0.3) is 0 Å². The molecule has 0 saturated heterocycles. The number of carboxylic acids is 1. The normalized spacial score (nSPS) is 10.6. The van der Waals surface area contributed by atoms with Crippen molar-refractivity contribution < 1.29 is 14.7 Å². The molecule has 0 aromatic heterocycles. The van der Waals surface area contributed by atoms with Crippen LogP contribution in [0.4, 0.5) is 5.69 Å². The second kappa shape index (κ2) is 8.38. The third-order valence-corrected chi connectivity index (χ3v) is 2.72. The first-order chi connectivity index (χ1) is 10.0. The van der Waals surface area contributed by atoms with E-state index in [4.69, 9.17) is 10.4 Å². The molecular weight excluding hydrogens is 270 g/mol. The van der Waals surface area contributed by atoms with Gasteiger partial charge in [-0.2, -0.15) is 5.26 Å². The van der Waals surface area contributed by atoms with E-state index in [0.29, 0.717) is 18.7 Å². The molecule has 0 spiro atoms. The van der Waals surface area contributed by atoms with Crippen molar-refractivity contribution in [2.45, 2.75) is 19.8 Å². The maximum Gasteiger partial charge on any atom is 0.303 e. The fourth-order valence-electron chi connectivity index (χ4n) is 1.57. The molecule has 0 radical (unpaired) electrons. The molecule has 1 aromatic carbocycles. The van der Waals surface area contributed by atoms with E-state index in [9.17, 15) is 9.59 Å². The standard InChI is InChI=1S/C15H17N3O3/c1-11-5-2-3-6-13(11)18-15(21)12(9-16)10-17-8-4-7-14(19)20/h2-3,5-6,10,17H,4,7-8H2,1H3,(H,18,21)(H,19,20)/b12-10-. The fraction of sp³-hybridized carbons (Fsp3) is 0.267. The first kappa shape index (κ1) is 16.2. The molecule has 0 bridgehead atoms. The van der Waals surface area contributed by atoms with Crippen LogP contribution in [0.5, 0.6) is 0 Å². The zero-order valence-corrected chi connectivity index (χ0v) is 11.7. The molecule has 21 heavy (non-hydrogen) atoms. The minimum Gasteiger partial charge on any atom is -0.481 e. The minimum atomic E-state index is -0.876. The summed E-state index contributed by atoms with van der Waals surface area (Å²) in [5.74, 6) is -1.38. The lowest BCUT2D eigenvalue weighted by atomic mass is 10.2. The van der Waals surface area contributed by atoms with Crippen LogP contribution in [0.15, 0.2) is 36.0 Å². The largest absolute Gasteiger partial charge is 0.481 e. The van der Waals surface area contributed by atoms with Crippen molar-refractivity contribution in [3.05, 3.63) is 41.6 Å². The van der Waals surface area contributed by atoms with Gasteiger partial charge in [-0.15, -0.1) is 0 Å². The van der Waals surface area contributed by atoms with E-state index in [-0.39, 0.29) is 12.0 Å². The summed E-state index contributed by atoms with van der Waals surface area (Å²) in [6.07, 6.45) is 1.76. The Labute approximate surface area is 123 Å². The monoisotopic (exact) mass is 287 g/mol. The maximum absolute atomic E-state index is 11.9.